The van der Waals surface area contributed by atoms with Crippen molar-refractivity contribution in [1.82, 2.24) is 24.7 Å². The molecule has 0 saturated heterocycles. The van der Waals surface area contributed by atoms with Crippen molar-refractivity contribution in [2.45, 2.75) is 19.4 Å². The number of H-pyrrole nitrogens is 1. The Kier molecular flexibility index (Phi) is 5.80. The summed E-state index contributed by atoms with van der Waals surface area (Å²) >= 11 is 0. The van der Waals surface area contributed by atoms with Gasteiger partial charge in [-0.3, -0.25) is 14.9 Å². The zero-order chi connectivity index (χ0) is 20.8. The Bertz CT molecular complexity index is 1130. The summed E-state index contributed by atoms with van der Waals surface area (Å²) in [4.78, 5) is 20.2. The molecular weight excluding hydrogens is 378 g/mol. The Balaban J connectivity index is 1.61. The summed E-state index contributed by atoms with van der Waals surface area (Å²) in [6.07, 6.45) is 11.4. The lowest BCUT2D eigenvalue weighted by atomic mass is 10.0. The van der Waals surface area contributed by atoms with Crippen LogP contribution in [0.25, 0.3) is 5.76 Å². The zero-order valence-corrected chi connectivity index (χ0v) is 16.3. The van der Waals surface area contributed by atoms with Crippen molar-refractivity contribution in [1.29, 1.82) is 0 Å². The molecular formula is C23H21N5O2. The number of nitrogens with one attached hydrogen (secondary N) is 1. The van der Waals surface area contributed by atoms with Gasteiger partial charge in [-0.25, -0.2) is 4.98 Å². The highest BCUT2D eigenvalue weighted by molar-refractivity contribution is 6.05. The summed E-state index contributed by atoms with van der Waals surface area (Å²) < 4.78 is 2.01. The van der Waals surface area contributed by atoms with Crippen LogP contribution in [0, 0.1) is 0 Å². The van der Waals surface area contributed by atoms with Gasteiger partial charge in [0.1, 0.15) is 12.1 Å². The van der Waals surface area contributed by atoms with Gasteiger partial charge < -0.3 is 9.67 Å². The van der Waals surface area contributed by atoms with Crippen molar-refractivity contribution >= 4 is 11.5 Å². The molecule has 1 aromatic carbocycles. The summed E-state index contributed by atoms with van der Waals surface area (Å²) in [5.41, 5.74) is 3.91. The number of pyridine rings is 1. The second-order valence-corrected chi connectivity index (χ2v) is 6.94. The number of ketones is 1. The van der Waals surface area contributed by atoms with Crippen molar-refractivity contribution < 1.29 is 9.90 Å². The minimum absolute atomic E-state index is 0.0867. The highest BCUT2D eigenvalue weighted by atomic mass is 16.3. The fourth-order valence-electron chi connectivity index (χ4n) is 3.29. The molecule has 150 valence electrons. The van der Waals surface area contributed by atoms with E-state index >= 15 is 0 Å². The lowest BCUT2D eigenvalue weighted by Gasteiger charge is -2.04. The molecule has 0 spiro atoms. The lowest BCUT2D eigenvalue weighted by molar-refractivity contribution is 0.103. The Morgan fingerprint density at radius 3 is 2.57 bits per heavy atom. The number of aliphatic hydroxyl groups is 1. The summed E-state index contributed by atoms with van der Waals surface area (Å²) in [5, 5.41) is 16.9. The van der Waals surface area contributed by atoms with Crippen molar-refractivity contribution in [3.8, 4) is 0 Å². The first-order valence-electron chi connectivity index (χ1n) is 9.61. The van der Waals surface area contributed by atoms with Gasteiger partial charge in [0.05, 0.1) is 0 Å². The summed E-state index contributed by atoms with van der Waals surface area (Å²) in [6, 6.07) is 14.1. The fraction of sp³-hybridized carbons (Fsp3) is 0.130. The maximum absolute atomic E-state index is 12.3. The first kappa shape index (κ1) is 19.3. The van der Waals surface area contributed by atoms with E-state index in [4.69, 9.17) is 0 Å². The third-order valence-electron chi connectivity index (χ3n) is 4.80. The molecule has 0 fully saturated rings. The van der Waals surface area contributed by atoms with Crippen LogP contribution in [0.1, 0.15) is 32.9 Å². The van der Waals surface area contributed by atoms with Gasteiger partial charge in [0.2, 0.25) is 5.78 Å². The number of benzene rings is 1. The van der Waals surface area contributed by atoms with Crippen molar-refractivity contribution in [3.63, 3.8) is 0 Å². The maximum atomic E-state index is 12.3. The van der Waals surface area contributed by atoms with Gasteiger partial charge in [0.25, 0.3) is 0 Å². The number of carbonyl (C=O) groups excluding carboxylic acids is 1. The number of hydrogen-bond acceptors (Lipinski definition) is 5. The van der Waals surface area contributed by atoms with Gasteiger partial charge in [0, 0.05) is 43.0 Å². The molecule has 4 rings (SSSR count). The third kappa shape index (κ3) is 4.70. The molecule has 0 bridgehead atoms. The molecule has 0 atom stereocenters. The normalized spacial score (nSPS) is 11.5. The molecule has 0 aliphatic rings. The molecule has 0 saturated carbocycles. The van der Waals surface area contributed by atoms with E-state index in [2.05, 4.69) is 32.3 Å². The van der Waals surface area contributed by atoms with E-state index in [1.807, 2.05) is 47.3 Å². The van der Waals surface area contributed by atoms with Crippen LogP contribution < -0.4 is 0 Å². The Morgan fingerprint density at radius 2 is 1.83 bits per heavy atom. The van der Waals surface area contributed by atoms with E-state index in [0.29, 0.717) is 12.1 Å². The van der Waals surface area contributed by atoms with Gasteiger partial charge >= 0.3 is 0 Å². The molecule has 7 nitrogen and oxygen atoms in total. The summed E-state index contributed by atoms with van der Waals surface area (Å²) in [5.74, 6) is -0.433. The SMILES string of the molecule is O=C(C=C(O)c1cn(Cc2ccncc2)cc1CCc1ccccc1)c1ncn[nH]1. The van der Waals surface area contributed by atoms with E-state index in [1.54, 1.807) is 12.4 Å². The van der Waals surface area contributed by atoms with Crippen LogP contribution >= 0.6 is 0 Å². The molecule has 2 N–H and O–H groups in total. The zero-order valence-electron chi connectivity index (χ0n) is 16.3. The molecule has 0 radical (unpaired) electrons. The predicted molar refractivity (Wildman–Crippen MR) is 113 cm³/mol. The van der Waals surface area contributed by atoms with Crippen LogP contribution in [0.2, 0.25) is 0 Å². The highest BCUT2D eigenvalue weighted by Gasteiger charge is 2.14. The smallest absolute Gasteiger partial charge is 0.226 e. The Hall–Kier alpha value is -4.00. The van der Waals surface area contributed by atoms with E-state index in [9.17, 15) is 9.90 Å². The molecule has 7 heteroatoms. The monoisotopic (exact) mass is 399 g/mol. The number of aliphatic hydroxyl groups excluding tert-OH is 1. The first-order chi connectivity index (χ1) is 14.7. The minimum atomic E-state index is -0.430. The molecule has 30 heavy (non-hydrogen) atoms. The number of allylic oxidation sites excluding steroid dienone is 1. The third-order valence-corrected chi connectivity index (χ3v) is 4.80. The molecule has 3 heterocycles. The largest absolute Gasteiger partial charge is 0.507 e. The van der Waals surface area contributed by atoms with Crippen LogP contribution in [0.4, 0.5) is 0 Å². The van der Waals surface area contributed by atoms with Crippen LogP contribution in [-0.4, -0.2) is 35.6 Å². The first-order valence-corrected chi connectivity index (χ1v) is 9.61. The minimum Gasteiger partial charge on any atom is -0.507 e. The molecule has 0 aliphatic heterocycles. The van der Waals surface area contributed by atoms with Gasteiger partial charge in [-0.1, -0.05) is 30.3 Å². The quantitative estimate of drug-likeness (QED) is 0.268. The Labute approximate surface area is 173 Å². The highest BCUT2D eigenvalue weighted by Crippen LogP contribution is 2.22. The van der Waals surface area contributed by atoms with E-state index < -0.39 is 5.78 Å². The van der Waals surface area contributed by atoms with Crippen LogP contribution in [0.3, 0.4) is 0 Å². The van der Waals surface area contributed by atoms with Crippen LogP contribution in [0.15, 0.2) is 79.7 Å². The number of aromatic amines is 1. The Morgan fingerprint density at radius 1 is 1.03 bits per heavy atom. The number of aromatic nitrogens is 5. The number of rotatable bonds is 8. The van der Waals surface area contributed by atoms with Crippen molar-refractivity contribution in [3.05, 3.63) is 108 Å². The van der Waals surface area contributed by atoms with Gasteiger partial charge in [-0.2, -0.15) is 5.10 Å². The van der Waals surface area contributed by atoms with Gasteiger partial charge in [-0.15, -0.1) is 0 Å². The fourth-order valence-corrected chi connectivity index (χ4v) is 3.29. The molecule has 4 aromatic rings. The molecule has 0 amide bonds. The number of hydrogen-bond donors (Lipinski definition) is 2. The van der Waals surface area contributed by atoms with E-state index in [0.717, 1.165) is 24.0 Å². The van der Waals surface area contributed by atoms with E-state index in [-0.39, 0.29) is 11.6 Å². The average molecular weight is 399 g/mol. The van der Waals surface area contributed by atoms with Crippen molar-refractivity contribution in [2.75, 3.05) is 0 Å². The lowest BCUT2D eigenvalue weighted by Crippen LogP contribution is -2.00. The van der Waals surface area contributed by atoms with Gasteiger partial charge in [0.15, 0.2) is 5.82 Å². The van der Waals surface area contributed by atoms with Crippen LogP contribution in [-0.2, 0) is 19.4 Å². The molecule has 3 aromatic heterocycles. The predicted octanol–water partition coefficient (Wildman–Crippen LogP) is 3.62. The molecule has 0 aliphatic carbocycles. The maximum Gasteiger partial charge on any atom is 0.226 e. The van der Waals surface area contributed by atoms with Gasteiger partial charge in [-0.05, 0) is 41.7 Å². The van der Waals surface area contributed by atoms with Crippen LogP contribution in [0.5, 0.6) is 0 Å². The second-order valence-electron chi connectivity index (χ2n) is 6.94. The number of nitrogens with zero attached hydrogens (tertiary/aromatic N) is 4. The molecule has 0 unspecified atom stereocenters. The number of carbonyl (C=O) groups is 1. The number of aryl methyl sites for hydroxylation is 2. The van der Waals surface area contributed by atoms with E-state index in [1.165, 1.54) is 18.0 Å². The summed E-state index contributed by atoms with van der Waals surface area (Å²) in [6.45, 7) is 0.643. The van der Waals surface area contributed by atoms with Crippen molar-refractivity contribution in [2.24, 2.45) is 0 Å². The second kappa shape index (κ2) is 9.00. The topological polar surface area (TPSA) is 96.7 Å². The standard InChI is InChI=1S/C23H21N5O2/c29-21(12-22(30)23-25-16-26-27-23)20-15-28(13-18-8-10-24-11-9-18)14-19(20)7-6-17-4-2-1-3-5-17/h1-5,8-12,14-16,29H,6-7,13H2,(H,25,26,27). The average Bonchev–Trinajstić information content (AvgIpc) is 3.44. The summed E-state index contributed by atoms with van der Waals surface area (Å²) in [7, 11) is 0.